The molecule has 2 aromatic carbocycles. The Labute approximate surface area is 233 Å². The first-order valence-corrected chi connectivity index (χ1v) is 12.9. The average molecular weight is 561 g/mol. The van der Waals surface area contributed by atoms with Gasteiger partial charge in [-0.25, -0.2) is 19.2 Å². The van der Waals surface area contributed by atoms with E-state index in [1.165, 1.54) is 11.0 Å². The van der Waals surface area contributed by atoms with E-state index in [0.717, 1.165) is 0 Å². The van der Waals surface area contributed by atoms with Crippen LogP contribution in [0.1, 0.15) is 53.2 Å². The summed E-state index contributed by atoms with van der Waals surface area (Å²) < 4.78 is 17.4. The number of carbonyl (C=O) groups is 3. The Morgan fingerprint density at radius 3 is 2.00 bits per heavy atom. The first-order valence-electron chi connectivity index (χ1n) is 12.9. The maximum absolute atomic E-state index is 13.5. The molecule has 1 aliphatic heterocycles. The third-order valence-corrected chi connectivity index (χ3v) is 6.41. The van der Waals surface area contributed by atoms with Crippen LogP contribution in [-0.2, 0) is 14.2 Å². The van der Waals surface area contributed by atoms with E-state index in [9.17, 15) is 24.0 Å². The number of nitrogens with one attached hydrogen (secondary N) is 3. The minimum Gasteiger partial charge on any atom is -0.453 e. The molecule has 41 heavy (non-hydrogen) atoms. The summed E-state index contributed by atoms with van der Waals surface area (Å²) in [5.41, 5.74) is -1.39. The monoisotopic (exact) mass is 560 g/mol. The van der Waals surface area contributed by atoms with Crippen LogP contribution < -0.4 is 11.2 Å². The molecule has 0 radical (unpaired) electrons. The normalized spacial score (nSPS) is 18.7. The summed E-state index contributed by atoms with van der Waals surface area (Å²) in [6, 6.07) is 16.8. The molecule has 0 spiro atoms. The second-order valence-electron chi connectivity index (χ2n) is 10.5. The second kappa shape index (κ2) is 10.8. The summed E-state index contributed by atoms with van der Waals surface area (Å²) in [7, 11) is 0. The Bertz CT molecular complexity index is 1700. The maximum Gasteiger partial charge on any atom is 0.411 e. The van der Waals surface area contributed by atoms with Crippen LogP contribution in [0.25, 0.3) is 11.0 Å². The fraction of sp³-hybridized carbons (Fsp3) is 0.276. The fourth-order valence-electron chi connectivity index (χ4n) is 4.66. The van der Waals surface area contributed by atoms with Gasteiger partial charge in [-0.1, -0.05) is 36.4 Å². The zero-order valence-electron chi connectivity index (χ0n) is 22.5. The quantitative estimate of drug-likeness (QED) is 0.247. The number of amides is 1. The smallest absolute Gasteiger partial charge is 0.411 e. The largest absolute Gasteiger partial charge is 0.453 e. The molecular weight excluding hydrogens is 532 g/mol. The van der Waals surface area contributed by atoms with E-state index < -0.39 is 53.1 Å². The van der Waals surface area contributed by atoms with Gasteiger partial charge in [-0.3, -0.25) is 19.7 Å². The number of benzene rings is 2. The molecule has 0 bridgehead atoms. The lowest BCUT2D eigenvalue weighted by Crippen LogP contribution is -2.39. The van der Waals surface area contributed by atoms with E-state index in [2.05, 4.69) is 15.0 Å². The van der Waals surface area contributed by atoms with Gasteiger partial charge in [0.2, 0.25) is 0 Å². The summed E-state index contributed by atoms with van der Waals surface area (Å²) in [4.78, 5) is 73.1. The van der Waals surface area contributed by atoms with Gasteiger partial charge < -0.3 is 19.2 Å². The molecule has 1 unspecified atom stereocenters. The minimum atomic E-state index is -1.22. The molecule has 1 saturated heterocycles. The summed E-state index contributed by atoms with van der Waals surface area (Å²) >= 11 is 0. The second-order valence-corrected chi connectivity index (χ2v) is 10.5. The van der Waals surface area contributed by atoms with E-state index >= 15 is 0 Å². The Morgan fingerprint density at radius 1 is 0.829 bits per heavy atom. The summed E-state index contributed by atoms with van der Waals surface area (Å²) in [5, 5.41) is 0.113. The van der Waals surface area contributed by atoms with Gasteiger partial charge in [-0.2, -0.15) is 0 Å². The highest BCUT2D eigenvalue weighted by Gasteiger charge is 2.51. The van der Waals surface area contributed by atoms with Gasteiger partial charge in [0.15, 0.2) is 12.2 Å². The van der Waals surface area contributed by atoms with Gasteiger partial charge in [-0.15, -0.1) is 0 Å². The van der Waals surface area contributed by atoms with Crippen molar-refractivity contribution in [3.8, 4) is 0 Å². The van der Waals surface area contributed by atoms with Crippen LogP contribution in [0, 0.1) is 0 Å². The molecule has 3 heterocycles. The SMILES string of the molecule is CC(C)(C)OC(=O)N1C[C@H](OC(=O)c2ccccc2)[C@@H](OC(=O)c2ccccc2)C1c1cc2c(=O)[nH]c(=O)[nH]c2[nH]1. The number of nitrogens with zero attached hydrogens (tertiary/aromatic N) is 1. The van der Waals surface area contributed by atoms with Gasteiger partial charge in [0, 0.05) is 5.69 Å². The number of esters is 2. The van der Waals surface area contributed by atoms with Gasteiger partial charge >= 0.3 is 23.7 Å². The van der Waals surface area contributed by atoms with Crippen molar-refractivity contribution >= 4 is 29.1 Å². The van der Waals surface area contributed by atoms with E-state index in [-0.39, 0.29) is 34.4 Å². The van der Waals surface area contributed by atoms with Gasteiger partial charge in [0.1, 0.15) is 17.3 Å². The summed E-state index contributed by atoms with van der Waals surface area (Å²) in [5.74, 6) is -1.40. The highest BCUT2D eigenvalue weighted by molar-refractivity contribution is 5.90. The summed E-state index contributed by atoms with van der Waals surface area (Å²) in [6.45, 7) is 4.90. The molecule has 12 nitrogen and oxygen atoms in total. The van der Waals surface area contributed by atoms with Gasteiger partial charge in [-0.05, 0) is 51.1 Å². The molecule has 3 N–H and O–H groups in total. The van der Waals surface area contributed by atoms with Crippen molar-refractivity contribution in [2.75, 3.05) is 6.54 Å². The Kier molecular flexibility index (Phi) is 7.22. The molecule has 1 amide bonds. The van der Waals surface area contributed by atoms with Crippen LogP contribution in [-0.4, -0.2) is 62.2 Å². The Morgan fingerprint density at radius 2 is 1.41 bits per heavy atom. The summed E-state index contributed by atoms with van der Waals surface area (Å²) in [6.07, 6.45) is -3.10. The third-order valence-electron chi connectivity index (χ3n) is 6.41. The number of fused-ring (bicyclic) bond motifs is 1. The predicted molar refractivity (Wildman–Crippen MR) is 147 cm³/mol. The molecule has 212 valence electrons. The van der Waals surface area contributed by atoms with Crippen molar-refractivity contribution in [3.05, 3.63) is 104 Å². The first-order chi connectivity index (χ1) is 19.5. The van der Waals surface area contributed by atoms with Crippen LogP contribution >= 0.6 is 0 Å². The Hall–Kier alpha value is -5.13. The minimum absolute atomic E-state index is 0.107. The fourth-order valence-corrected chi connectivity index (χ4v) is 4.66. The molecule has 1 fully saturated rings. The molecule has 5 rings (SSSR count). The first kappa shape index (κ1) is 27.4. The van der Waals surface area contributed by atoms with E-state index in [1.807, 2.05) is 0 Å². The molecule has 12 heteroatoms. The van der Waals surface area contributed by atoms with Crippen molar-refractivity contribution < 1.29 is 28.6 Å². The van der Waals surface area contributed by atoms with Crippen molar-refractivity contribution in [3.63, 3.8) is 0 Å². The molecule has 1 aliphatic rings. The Balaban J connectivity index is 1.60. The number of likely N-dealkylation sites (tertiary alicyclic amines) is 1. The number of ether oxygens (including phenoxy) is 3. The molecule has 0 aliphatic carbocycles. The van der Waals surface area contributed by atoms with Gasteiger partial charge in [0.25, 0.3) is 5.56 Å². The standard InChI is InChI=1S/C29H28N4O8/c1-29(2,3)41-28(38)33-15-20(39-25(35)16-10-6-4-7-11-16)22(40-26(36)17-12-8-5-9-13-17)21(33)19-14-18-23(30-19)31-27(37)32-24(18)34/h4-14,20-22H,15H2,1-3H3,(H3,30,31,32,34,37)/t20-,21?,22+/m0/s1. The van der Waals surface area contributed by atoms with Crippen LogP contribution in [0.3, 0.4) is 0 Å². The molecule has 2 aromatic heterocycles. The lowest BCUT2D eigenvalue weighted by atomic mass is 10.1. The number of rotatable bonds is 5. The highest BCUT2D eigenvalue weighted by atomic mass is 16.6. The average Bonchev–Trinajstić information content (AvgIpc) is 3.50. The van der Waals surface area contributed by atoms with E-state index in [1.54, 1.807) is 81.4 Å². The maximum atomic E-state index is 13.5. The van der Waals surface area contributed by atoms with Crippen LogP contribution in [0.2, 0.25) is 0 Å². The third kappa shape index (κ3) is 5.91. The topological polar surface area (TPSA) is 164 Å². The highest BCUT2D eigenvalue weighted by Crippen LogP contribution is 2.38. The van der Waals surface area contributed by atoms with Crippen molar-refractivity contribution in [2.45, 2.75) is 44.6 Å². The number of carbonyl (C=O) groups excluding carboxylic acids is 3. The van der Waals surface area contributed by atoms with E-state index in [4.69, 9.17) is 14.2 Å². The lowest BCUT2D eigenvalue weighted by molar-refractivity contribution is -0.0273. The number of aromatic nitrogens is 3. The number of aromatic amines is 3. The zero-order valence-corrected chi connectivity index (χ0v) is 22.5. The van der Waals surface area contributed by atoms with Crippen molar-refractivity contribution in [1.29, 1.82) is 0 Å². The molecule has 3 atom stereocenters. The predicted octanol–water partition coefficient (Wildman–Crippen LogP) is 3.29. The van der Waals surface area contributed by atoms with Crippen molar-refractivity contribution in [1.82, 2.24) is 19.9 Å². The molecular formula is C29H28N4O8. The number of H-pyrrole nitrogens is 3. The molecule has 4 aromatic rings. The van der Waals surface area contributed by atoms with Crippen molar-refractivity contribution in [2.24, 2.45) is 0 Å². The number of hydrogen-bond donors (Lipinski definition) is 3. The van der Waals surface area contributed by atoms with E-state index in [0.29, 0.717) is 0 Å². The van der Waals surface area contributed by atoms with Crippen LogP contribution in [0.4, 0.5) is 4.79 Å². The molecule has 0 saturated carbocycles. The lowest BCUT2D eigenvalue weighted by Gasteiger charge is -2.29. The zero-order chi connectivity index (χ0) is 29.3. The number of hydrogen-bond acceptors (Lipinski definition) is 8. The van der Waals surface area contributed by atoms with Crippen LogP contribution in [0.5, 0.6) is 0 Å². The van der Waals surface area contributed by atoms with Gasteiger partial charge in [0.05, 0.1) is 23.1 Å². The van der Waals surface area contributed by atoms with Crippen LogP contribution in [0.15, 0.2) is 76.3 Å².